The van der Waals surface area contributed by atoms with E-state index >= 15 is 0 Å². The molecule has 3 rings (SSSR count). The van der Waals surface area contributed by atoms with Crippen molar-refractivity contribution in [1.82, 2.24) is 14.7 Å². The third-order valence-corrected chi connectivity index (χ3v) is 3.79. The Morgan fingerprint density at radius 3 is 2.75 bits per heavy atom. The molecule has 104 valence electrons. The van der Waals surface area contributed by atoms with E-state index in [-0.39, 0.29) is 5.91 Å². The van der Waals surface area contributed by atoms with Crippen molar-refractivity contribution >= 4 is 17.5 Å². The molecule has 0 aliphatic carbocycles. The van der Waals surface area contributed by atoms with Crippen LogP contribution in [0.5, 0.6) is 0 Å². The average Bonchev–Trinajstić information content (AvgIpc) is 2.77. The van der Waals surface area contributed by atoms with Crippen molar-refractivity contribution in [3.05, 3.63) is 46.7 Å². The lowest BCUT2D eigenvalue weighted by atomic mass is 10.1. The maximum Gasteiger partial charge on any atom is 0.257 e. The summed E-state index contributed by atoms with van der Waals surface area (Å²) >= 11 is 6.15. The second-order valence-electron chi connectivity index (χ2n) is 4.87. The molecule has 2 aromatic rings. The number of β-amino-alcohol motifs (C(OH)–C–C–N with tert-alkyl or cyclic N) is 1. The van der Waals surface area contributed by atoms with Crippen LogP contribution in [-0.4, -0.2) is 44.9 Å². The van der Waals surface area contributed by atoms with Gasteiger partial charge in [-0.1, -0.05) is 23.7 Å². The Kier molecular flexibility index (Phi) is 3.23. The molecule has 1 amide bonds. The minimum Gasteiger partial charge on any atom is -0.389 e. The van der Waals surface area contributed by atoms with Gasteiger partial charge in [-0.3, -0.25) is 4.79 Å². The predicted octanol–water partition coefficient (Wildman–Crippen LogP) is 1.65. The van der Waals surface area contributed by atoms with Crippen molar-refractivity contribution in [3.8, 4) is 5.69 Å². The maximum atomic E-state index is 12.3. The topological polar surface area (TPSA) is 58.4 Å². The van der Waals surface area contributed by atoms with Gasteiger partial charge in [-0.15, -0.1) is 0 Å². The lowest BCUT2D eigenvalue weighted by Gasteiger charge is -2.35. The SMILES string of the molecule is Cc1c(C(=O)N2CC(O)C2)cnn1-c1ccccc1Cl. The molecule has 1 aromatic carbocycles. The number of para-hydroxylation sites is 1. The van der Waals surface area contributed by atoms with Crippen LogP contribution in [0.15, 0.2) is 30.5 Å². The number of aliphatic hydroxyl groups excluding tert-OH is 1. The minimum absolute atomic E-state index is 0.105. The molecule has 1 fully saturated rings. The molecule has 1 saturated heterocycles. The quantitative estimate of drug-likeness (QED) is 0.915. The Hall–Kier alpha value is -1.85. The van der Waals surface area contributed by atoms with E-state index in [2.05, 4.69) is 5.10 Å². The number of rotatable bonds is 2. The number of aliphatic hydroxyl groups is 1. The van der Waals surface area contributed by atoms with E-state index in [1.807, 2.05) is 25.1 Å². The molecule has 2 heterocycles. The summed E-state index contributed by atoms with van der Waals surface area (Å²) in [6, 6.07) is 7.35. The number of carbonyl (C=O) groups is 1. The van der Waals surface area contributed by atoms with E-state index in [9.17, 15) is 9.90 Å². The Morgan fingerprint density at radius 2 is 2.10 bits per heavy atom. The number of benzene rings is 1. The highest BCUT2D eigenvalue weighted by atomic mass is 35.5. The highest BCUT2D eigenvalue weighted by Gasteiger charge is 2.31. The molecule has 1 aromatic heterocycles. The van der Waals surface area contributed by atoms with E-state index in [0.29, 0.717) is 23.7 Å². The zero-order valence-electron chi connectivity index (χ0n) is 11.0. The van der Waals surface area contributed by atoms with Crippen LogP contribution in [0, 0.1) is 6.92 Å². The van der Waals surface area contributed by atoms with Gasteiger partial charge in [-0.25, -0.2) is 4.68 Å². The van der Waals surface area contributed by atoms with Gasteiger partial charge in [0.1, 0.15) is 0 Å². The molecule has 20 heavy (non-hydrogen) atoms. The summed E-state index contributed by atoms with van der Waals surface area (Å²) in [6.45, 7) is 2.60. The molecular formula is C14H14ClN3O2. The van der Waals surface area contributed by atoms with E-state index in [0.717, 1.165) is 11.4 Å². The van der Waals surface area contributed by atoms with E-state index in [1.54, 1.807) is 21.8 Å². The van der Waals surface area contributed by atoms with Crippen molar-refractivity contribution in [1.29, 1.82) is 0 Å². The Balaban J connectivity index is 1.93. The Morgan fingerprint density at radius 1 is 1.40 bits per heavy atom. The molecule has 0 atom stereocenters. The van der Waals surface area contributed by atoms with Crippen molar-refractivity contribution < 1.29 is 9.90 Å². The van der Waals surface area contributed by atoms with Gasteiger partial charge in [0.25, 0.3) is 5.91 Å². The second-order valence-corrected chi connectivity index (χ2v) is 5.28. The molecule has 1 aliphatic rings. The van der Waals surface area contributed by atoms with Crippen molar-refractivity contribution in [2.24, 2.45) is 0 Å². The van der Waals surface area contributed by atoms with Gasteiger partial charge in [0.15, 0.2) is 0 Å². The van der Waals surface area contributed by atoms with E-state index in [1.165, 1.54) is 0 Å². The summed E-state index contributed by atoms with van der Waals surface area (Å²) in [6.07, 6.45) is 1.14. The van der Waals surface area contributed by atoms with Gasteiger partial charge in [0, 0.05) is 13.1 Å². The summed E-state index contributed by atoms with van der Waals surface area (Å²) in [5.41, 5.74) is 2.02. The molecule has 0 saturated carbocycles. The Bertz CT molecular complexity index is 662. The summed E-state index contributed by atoms with van der Waals surface area (Å²) in [4.78, 5) is 13.9. The Labute approximate surface area is 121 Å². The van der Waals surface area contributed by atoms with Crippen LogP contribution in [0.3, 0.4) is 0 Å². The minimum atomic E-state index is -0.405. The molecule has 6 heteroatoms. The molecule has 0 bridgehead atoms. The molecule has 5 nitrogen and oxygen atoms in total. The van der Waals surface area contributed by atoms with Gasteiger partial charge < -0.3 is 10.0 Å². The first kappa shape index (κ1) is 13.1. The lowest BCUT2D eigenvalue weighted by Crippen LogP contribution is -2.53. The zero-order valence-corrected chi connectivity index (χ0v) is 11.7. The van der Waals surface area contributed by atoms with Crippen LogP contribution in [0.4, 0.5) is 0 Å². The standard InChI is InChI=1S/C14H14ClN3O2/c1-9-11(14(20)17-7-10(19)8-17)6-16-18(9)13-5-3-2-4-12(13)15/h2-6,10,19H,7-8H2,1H3. The molecule has 1 N–H and O–H groups in total. The normalized spacial score (nSPS) is 15.2. The van der Waals surface area contributed by atoms with Crippen molar-refractivity contribution in [2.45, 2.75) is 13.0 Å². The number of nitrogens with zero attached hydrogens (tertiary/aromatic N) is 3. The number of carbonyl (C=O) groups excluding carboxylic acids is 1. The number of aromatic nitrogens is 2. The summed E-state index contributed by atoms with van der Waals surface area (Å²) in [5, 5.41) is 14.1. The number of halogens is 1. The first-order valence-corrected chi connectivity index (χ1v) is 6.72. The fraction of sp³-hybridized carbons (Fsp3) is 0.286. The van der Waals surface area contributed by atoms with Gasteiger partial charge in [-0.2, -0.15) is 5.10 Å². The van der Waals surface area contributed by atoms with Crippen LogP contribution in [0.2, 0.25) is 5.02 Å². The molecule has 1 aliphatic heterocycles. The zero-order chi connectivity index (χ0) is 14.3. The van der Waals surface area contributed by atoms with Gasteiger partial charge in [0.05, 0.1) is 34.3 Å². The number of amides is 1. The highest BCUT2D eigenvalue weighted by molar-refractivity contribution is 6.32. The monoisotopic (exact) mass is 291 g/mol. The van der Waals surface area contributed by atoms with Crippen molar-refractivity contribution in [2.75, 3.05) is 13.1 Å². The molecule has 0 radical (unpaired) electrons. The second kappa shape index (κ2) is 4.92. The van der Waals surface area contributed by atoms with E-state index in [4.69, 9.17) is 11.6 Å². The van der Waals surface area contributed by atoms with Crippen molar-refractivity contribution in [3.63, 3.8) is 0 Å². The third-order valence-electron chi connectivity index (χ3n) is 3.47. The fourth-order valence-corrected chi connectivity index (χ4v) is 2.49. The molecule has 0 spiro atoms. The largest absolute Gasteiger partial charge is 0.389 e. The maximum absolute atomic E-state index is 12.3. The van der Waals surface area contributed by atoms with Crippen LogP contribution >= 0.6 is 11.6 Å². The summed E-state index contributed by atoms with van der Waals surface area (Å²) in [7, 11) is 0. The summed E-state index contributed by atoms with van der Waals surface area (Å²) < 4.78 is 1.66. The smallest absolute Gasteiger partial charge is 0.257 e. The highest BCUT2D eigenvalue weighted by Crippen LogP contribution is 2.23. The van der Waals surface area contributed by atoms with Crippen LogP contribution < -0.4 is 0 Å². The van der Waals surface area contributed by atoms with Crippen LogP contribution in [0.1, 0.15) is 16.1 Å². The van der Waals surface area contributed by atoms with Gasteiger partial charge >= 0.3 is 0 Å². The van der Waals surface area contributed by atoms with Gasteiger partial charge in [0.2, 0.25) is 0 Å². The first-order valence-electron chi connectivity index (χ1n) is 6.35. The fourth-order valence-electron chi connectivity index (χ4n) is 2.28. The first-order chi connectivity index (χ1) is 9.58. The lowest BCUT2D eigenvalue weighted by molar-refractivity contribution is 0.00584. The molecule has 0 unspecified atom stereocenters. The molecular weight excluding hydrogens is 278 g/mol. The number of hydrogen-bond donors (Lipinski definition) is 1. The predicted molar refractivity (Wildman–Crippen MR) is 75.2 cm³/mol. The number of hydrogen-bond acceptors (Lipinski definition) is 3. The summed E-state index contributed by atoms with van der Waals surface area (Å²) in [5.74, 6) is -0.105. The third kappa shape index (κ3) is 2.09. The van der Waals surface area contributed by atoms with Crippen LogP contribution in [-0.2, 0) is 0 Å². The van der Waals surface area contributed by atoms with Crippen LogP contribution in [0.25, 0.3) is 5.69 Å². The van der Waals surface area contributed by atoms with Gasteiger partial charge in [-0.05, 0) is 19.1 Å². The van der Waals surface area contributed by atoms with E-state index < -0.39 is 6.10 Å². The number of likely N-dealkylation sites (tertiary alicyclic amines) is 1. The average molecular weight is 292 g/mol.